The second-order valence-electron chi connectivity index (χ2n) is 10.6. The Bertz CT molecular complexity index is 1780. The van der Waals surface area contributed by atoms with Crippen molar-refractivity contribution < 1.29 is 30.3 Å². The van der Waals surface area contributed by atoms with Crippen LogP contribution in [0.15, 0.2) is 89.7 Å². The third-order valence-corrected chi connectivity index (χ3v) is 10.7. The molecule has 7 heteroatoms. The third-order valence-electron chi connectivity index (χ3n) is 6.47. The zero-order chi connectivity index (χ0) is 28.5. The molecule has 0 saturated carbocycles. The summed E-state index contributed by atoms with van der Waals surface area (Å²) in [6, 6.07) is 27.7. The van der Waals surface area contributed by atoms with Crippen LogP contribution in [-0.4, -0.2) is 28.2 Å². The summed E-state index contributed by atoms with van der Waals surface area (Å²) in [7, 11) is 0. The van der Waals surface area contributed by atoms with Crippen LogP contribution in [-0.2, 0) is 20.1 Å². The fraction of sp³-hybridized carbons (Fsp3) is 0.182. The Balaban J connectivity index is 0.000000200. The third kappa shape index (κ3) is 6.41. The summed E-state index contributed by atoms with van der Waals surface area (Å²) >= 11 is -1.72. The van der Waals surface area contributed by atoms with Crippen LogP contribution >= 0.6 is 0 Å². The molecule has 4 heterocycles. The summed E-state index contributed by atoms with van der Waals surface area (Å²) in [6.07, 6.45) is 4.86. The maximum Gasteiger partial charge on any atom is 0 e. The molecule has 0 bridgehead atoms. The van der Waals surface area contributed by atoms with E-state index in [9.17, 15) is 4.39 Å². The summed E-state index contributed by atoms with van der Waals surface area (Å²) in [5.74, 6) is 5.59. The van der Waals surface area contributed by atoms with E-state index in [1.54, 1.807) is 32.2 Å². The quantitative estimate of drug-likeness (QED) is 0.134. The van der Waals surface area contributed by atoms with Crippen molar-refractivity contribution in [2.75, 3.05) is 0 Å². The van der Waals surface area contributed by atoms with Crippen molar-refractivity contribution in [3.05, 3.63) is 109 Å². The first-order valence-corrected chi connectivity index (χ1v) is 20.1. The molecule has 6 aromatic rings. The van der Waals surface area contributed by atoms with Crippen LogP contribution in [0.25, 0.3) is 44.6 Å². The minimum atomic E-state index is -1.72. The smallest absolute Gasteiger partial charge is 0 e. The van der Waals surface area contributed by atoms with Gasteiger partial charge in [0.05, 0.1) is 11.8 Å². The van der Waals surface area contributed by atoms with Gasteiger partial charge in [0.25, 0.3) is 0 Å². The van der Waals surface area contributed by atoms with Crippen LogP contribution in [0.4, 0.5) is 4.39 Å². The van der Waals surface area contributed by atoms with Gasteiger partial charge in [0.1, 0.15) is 5.82 Å². The van der Waals surface area contributed by atoms with Gasteiger partial charge in [-0.05, 0) is 29.3 Å². The number of halogens is 1. The Kier molecular flexibility index (Phi) is 8.89. The van der Waals surface area contributed by atoms with Crippen molar-refractivity contribution >= 4 is 39.7 Å². The minimum Gasteiger partial charge on any atom is 0 e. The molecule has 0 atom stereocenters. The molecule has 0 saturated heterocycles. The number of aromatic nitrogens is 3. The summed E-state index contributed by atoms with van der Waals surface area (Å²) in [6.45, 7) is 3.29. The van der Waals surface area contributed by atoms with Crippen LogP contribution in [0, 0.1) is 17.9 Å². The Morgan fingerprint density at radius 1 is 0.875 bits per heavy atom. The number of hydrogen-bond donors (Lipinski definition) is 0. The van der Waals surface area contributed by atoms with Crippen molar-refractivity contribution in [2.45, 2.75) is 37.0 Å². The minimum absolute atomic E-state index is 0. The van der Waals surface area contributed by atoms with E-state index in [1.807, 2.05) is 48.7 Å². The van der Waals surface area contributed by atoms with Gasteiger partial charge in [-0.2, -0.15) is 0 Å². The number of pyridine rings is 3. The first-order valence-electron chi connectivity index (χ1n) is 13.3. The van der Waals surface area contributed by atoms with Gasteiger partial charge in [0.15, 0.2) is 0 Å². The Hall–Kier alpha value is -3.19. The van der Waals surface area contributed by atoms with E-state index in [4.69, 9.17) is 5.79 Å². The van der Waals surface area contributed by atoms with Crippen molar-refractivity contribution in [1.82, 2.24) is 15.0 Å². The van der Waals surface area contributed by atoms with Crippen molar-refractivity contribution in [3.63, 3.8) is 0 Å². The summed E-state index contributed by atoms with van der Waals surface area (Å²) in [5.41, 5.74) is 4.67. The predicted octanol–water partition coefficient (Wildman–Crippen LogP) is 8.20. The molecule has 0 aliphatic heterocycles. The van der Waals surface area contributed by atoms with Gasteiger partial charge in [-0.3, -0.25) is 0 Å². The van der Waals surface area contributed by atoms with E-state index >= 15 is 0 Å². The SMILES string of the molecule is [2H]C(C)(C)c1cc(-c2[c-]ccc3c2oc2ncccc23)ncc1F.[CH3][Ge]([CH3])([CH3])[c]1ccc(-c2[c-]cccc2)nc1.[Ir]. The van der Waals surface area contributed by atoms with Crippen molar-refractivity contribution in [2.24, 2.45) is 0 Å². The van der Waals surface area contributed by atoms with Gasteiger partial charge >= 0.3 is 99.8 Å². The van der Waals surface area contributed by atoms with Gasteiger partial charge in [-0.15, -0.1) is 18.2 Å². The van der Waals surface area contributed by atoms with E-state index in [0.717, 1.165) is 28.2 Å². The second-order valence-corrected chi connectivity index (χ2v) is 21.2. The molecule has 0 amide bonds. The average molecular weight is 769 g/mol. The predicted molar refractivity (Wildman–Crippen MR) is 159 cm³/mol. The molecule has 0 spiro atoms. The zero-order valence-electron chi connectivity index (χ0n) is 24.0. The van der Waals surface area contributed by atoms with E-state index in [0.29, 0.717) is 22.6 Å². The van der Waals surface area contributed by atoms with Crippen molar-refractivity contribution in [1.29, 1.82) is 0 Å². The van der Waals surface area contributed by atoms with Crippen LogP contribution < -0.4 is 4.40 Å². The largest absolute Gasteiger partial charge is 0 e. The number of nitrogens with zero attached hydrogens (tertiary/aromatic N) is 3. The molecule has 4 nitrogen and oxygen atoms in total. The molecule has 0 aliphatic carbocycles. The van der Waals surface area contributed by atoms with Crippen LogP contribution in [0.5, 0.6) is 0 Å². The molecule has 205 valence electrons. The number of hydrogen-bond acceptors (Lipinski definition) is 4. The Morgan fingerprint density at radius 3 is 2.35 bits per heavy atom. The number of benzene rings is 2. The zero-order valence-corrected chi connectivity index (χ0v) is 27.5. The van der Waals surface area contributed by atoms with E-state index in [2.05, 4.69) is 56.5 Å². The van der Waals surface area contributed by atoms with Crippen LogP contribution in [0.1, 0.15) is 26.7 Å². The standard InChI is InChI=1S/C19H14FN2O.C14H16GeN.Ir/c1-11(2)15-9-17(22-10-16(15)20)14-6-3-5-12-13-7-4-8-21-19(13)23-18(12)14;1-15(2,3)13-9-10-14(16-11-13)12-7-5-4-6-8-12;/h3-5,7-11H,1-2H3;4-7,9-11H,1-3H3;/q2*-1;/i11D;;. The molecule has 0 fully saturated rings. The Morgan fingerprint density at radius 2 is 1.68 bits per heavy atom. The normalized spacial score (nSPS) is 11.9. The summed E-state index contributed by atoms with van der Waals surface area (Å²) < 4.78 is 29.5. The number of fused-ring (bicyclic) bond motifs is 3. The van der Waals surface area contributed by atoms with Crippen LogP contribution in [0.3, 0.4) is 0 Å². The number of furan rings is 1. The first kappa shape index (κ1) is 28.3. The van der Waals surface area contributed by atoms with Crippen molar-refractivity contribution in [3.8, 4) is 22.5 Å². The fourth-order valence-electron chi connectivity index (χ4n) is 4.27. The molecular formula is C33H30FGeIrN3O-2. The molecule has 0 aliphatic rings. The molecule has 0 N–H and O–H groups in total. The van der Waals surface area contributed by atoms with Gasteiger partial charge in [0, 0.05) is 33.1 Å². The van der Waals surface area contributed by atoms with Gasteiger partial charge < -0.3 is 9.40 Å². The van der Waals surface area contributed by atoms with E-state index in [1.165, 1.54) is 4.40 Å². The molecule has 40 heavy (non-hydrogen) atoms. The number of rotatable bonds is 4. The maximum absolute atomic E-state index is 14.0. The van der Waals surface area contributed by atoms with E-state index < -0.39 is 25.0 Å². The average Bonchev–Trinajstić information content (AvgIpc) is 3.32. The molecule has 6 rings (SSSR count). The van der Waals surface area contributed by atoms with Gasteiger partial charge in [-0.1, -0.05) is 30.9 Å². The molecular weight excluding hydrogens is 738 g/mol. The second kappa shape index (κ2) is 12.5. The van der Waals surface area contributed by atoms with E-state index in [-0.39, 0.29) is 25.7 Å². The molecule has 1 radical (unpaired) electrons. The fourth-order valence-corrected chi connectivity index (χ4v) is 6.45. The molecule has 0 unspecified atom stereocenters. The topological polar surface area (TPSA) is 51.8 Å². The van der Waals surface area contributed by atoms with Gasteiger partial charge in [0.2, 0.25) is 5.71 Å². The first-order chi connectivity index (χ1) is 19.0. The summed E-state index contributed by atoms with van der Waals surface area (Å²) in [4.78, 5) is 12.9. The monoisotopic (exact) mass is 771 g/mol. The Labute approximate surface area is 252 Å². The summed E-state index contributed by atoms with van der Waals surface area (Å²) in [5, 5.41) is 1.82. The molecule has 4 aromatic heterocycles. The maximum atomic E-state index is 14.0. The molecule has 2 aromatic carbocycles. The van der Waals surface area contributed by atoms with Crippen LogP contribution in [0.2, 0.25) is 17.3 Å². The van der Waals surface area contributed by atoms with Gasteiger partial charge in [-0.25, -0.2) is 9.37 Å².